The van der Waals surface area contributed by atoms with Gasteiger partial charge in [-0.2, -0.15) is 0 Å². The summed E-state index contributed by atoms with van der Waals surface area (Å²) in [6.07, 6.45) is 0. The maximum atomic E-state index is 12.1. The zero-order valence-corrected chi connectivity index (χ0v) is 14.3. The largest absolute Gasteiger partial charge is 0.493 e. The fraction of sp³-hybridized carbons (Fsp3) is 0.278. The van der Waals surface area contributed by atoms with Gasteiger partial charge in [-0.25, -0.2) is 0 Å². The van der Waals surface area contributed by atoms with E-state index in [1.807, 2.05) is 18.2 Å². The van der Waals surface area contributed by atoms with Crippen molar-refractivity contribution >= 4 is 17.3 Å². The molecule has 7 heteroatoms. The van der Waals surface area contributed by atoms with E-state index in [9.17, 15) is 14.9 Å². The van der Waals surface area contributed by atoms with Crippen molar-refractivity contribution in [1.29, 1.82) is 0 Å². The minimum Gasteiger partial charge on any atom is -0.493 e. The summed E-state index contributed by atoms with van der Waals surface area (Å²) < 4.78 is 10.5. The van der Waals surface area contributed by atoms with Gasteiger partial charge in [0.05, 0.1) is 18.1 Å². The lowest BCUT2D eigenvalue weighted by Crippen LogP contribution is -2.20. The second-order valence-electron chi connectivity index (χ2n) is 5.71. The monoisotopic (exact) mass is 344 g/mol. The quantitative estimate of drug-likeness (QED) is 0.610. The fourth-order valence-electron chi connectivity index (χ4n) is 2.21. The van der Waals surface area contributed by atoms with Crippen molar-refractivity contribution < 1.29 is 19.2 Å². The number of carbonyl (C=O) groups excluding carboxylic acids is 1. The molecule has 1 amide bonds. The van der Waals surface area contributed by atoms with Gasteiger partial charge in [0.25, 0.3) is 11.6 Å². The molecular formula is C18H20N2O5. The lowest BCUT2D eigenvalue weighted by atomic mass is 10.0. The Labute approximate surface area is 145 Å². The number of rotatable bonds is 7. The van der Waals surface area contributed by atoms with Crippen LogP contribution in [0.25, 0.3) is 0 Å². The fourth-order valence-corrected chi connectivity index (χ4v) is 2.21. The molecule has 1 N–H and O–H groups in total. The lowest BCUT2D eigenvalue weighted by Gasteiger charge is -2.12. The number of nitro groups is 1. The third-order valence-corrected chi connectivity index (χ3v) is 3.55. The Bertz CT molecular complexity index is 774. The minimum absolute atomic E-state index is 0.138. The number of hydrogen-bond donors (Lipinski definition) is 1. The molecule has 0 aliphatic heterocycles. The third-order valence-electron chi connectivity index (χ3n) is 3.55. The topological polar surface area (TPSA) is 90.7 Å². The van der Waals surface area contributed by atoms with Gasteiger partial charge in [-0.05, 0) is 29.7 Å². The molecular weight excluding hydrogens is 324 g/mol. The van der Waals surface area contributed by atoms with Crippen LogP contribution in [0.3, 0.4) is 0 Å². The summed E-state index contributed by atoms with van der Waals surface area (Å²) in [5.41, 5.74) is 1.64. The predicted octanol–water partition coefficient (Wildman–Crippen LogP) is 3.74. The number of methoxy groups -OCH3 is 1. The Kier molecular flexibility index (Phi) is 5.94. The molecule has 2 aromatic carbocycles. The van der Waals surface area contributed by atoms with Crippen LogP contribution in [0.5, 0.6) is 11.5 Å². The number of ether oxygens (including phenoxy) is 2. The molecule has 0 spiro atoms. The number of amides is 1. The molecule has 0 bridgehead atoms. The van der Waals surface area contributed by atoms with Crippen LogP contribution < -0.4 is 14.8 Å². The van der Waals surface area contributed by atoms with E-state index in [1.165, 1.54) is 25.3 Å². The second kappa shape index (κ2) is 8.14. The van der Waals surface area contributed by atoms with Crippen LogP contribution in [-0.4, -0.2) is 24.5 Å². The Morgan fingerprint density at radius 3 is 2.60 bits per heavy atom. The molecule has 0 saturated heterocycles. The molecule has 7 nitrogen and oxygen atoms in total. The minimum atomic E-state index is -0.538. The number of nitro benzene ring substituents is 1. The van der Waals surface area contributed by atoms with Crippen molar-refractivity contribution in [2.45, 2.75) is 19.8 Å². The van der Waals surface area contributed by atoms with E-state index >= 15 is 0 Å². The summed E-state index contributed by atoms with van der Waals surface area (Å²) in [6.45, 7) is 3.85. The molecule has 2 rings (SSSR count). The van der Waals surface area contributed by atoms with Gasteiger partial charge in [-0.3, -0.25) is 14.9 Å². The van der Waals surface area contributed by atoms with Gasteiger partial charge >= 0.3 is 0 Å². The van der Waals surface area contributed by atoms with Gasteiger partial charge in [0.15, 0.2) is 18.1 Å². The maximum absolute atomic E-state index is 12.1. The highest BCUT2D eigenvalue weighted by atomic mass is 16.6. The van der Waals surface area contributed by atoms with Crippen molar-refractivity contribution in [3.63, 3.8) is 0 Å². The van der Waals surface area contributed by atoms with Crippen molar-refractivity contribution in [1.82, 2.24) is 0 Å². The average Bonchev–Trinajstić information content (AvgIpc) is 2.59. The van der Waals surface area contributed by atoms with Crippen molar-refractivity contribution in [2.24, 2.45) is 0 Å². The second-order valence-corrected chi connectivity index (χ2v) is 5.71. The number of benzene rings is 2. The normalized spacial score (nSPS) is 10.4. The van der Waals surface area contributed by atoms with Crippen molar-refractivity contribution in [2.75, 3.05) is 19.0 Å². The summed E-state index contributed by atoms with van der Waals surface area (Å²) in [5, 5.41) is 13.6. The van der Waals surface area contributed by atoms with Gasteiger partial charge in [-0.15, -0.1) is 0 Å². The van der Waals surface area contributed by atoms with E-state index in [0.29, 0.717) is 17.4 Å². The molecule has 0 radical (unpaired) electrons. The third kappa shape index (κ3) is 4.94. The van der Waals surface area contributed by atoms with Crippen LogP contribution in [0.4, 0.5) is 11.4 Å². The van der Waals surface area contributed by atoms with Crippen LogP contribution >= 0.6 is 0 Å². The lowest BCUT2D eigenvalue weighted by molar-refractivity contribution is -0.385. The predicted molar refractivity (Wildman–Crippen MR) is 94.3 cm³/mol. The van der Waals surface area contributed by atoms with E-state index < -0.39 is 4.92 Å². The number of nitrogens with zero attached hydrogens (tertiary/aromatic N) is 1. The SMILES string of the molecule is COc1ccc([N+](=O)[O-])cc1OCC(=O)Nc1cccc(C(C)C)c1. The highest BCUT2D eigenvalue weighted by Crippen LogP contribution is 2.31. The van der Waals surface area contributed by atoms with Crippen LogP contribution in [-0.2, 0) is 4.79 Å². The molecule has 25 heavy (non-hydrogen) atoms. The van der Waals surface area contributed by atoms with Gasteiger partial charge in [0.1, 0.15) is 0 Å². The molecule has 0 aliphatic rings. The number of nitrogens with one attached hydrogen (secondary N) is 1. The van der Waals surface area contributed by atoms with Gasteiger partial charge < -0.3 is 14.8 Å². The average molecular weight is 344 g/mol. The van der Waals surface area contributed by atoms with Crippen molar-refractivity contribution in [3.05, 3.63) is 58.1 Å². The van der Waals surface area contributed by atoms with E-state index in [0.717, 1.165) is 5.56 Å². The Balaban J connectivity index is 2.03. The number of anilines is 1. The summed E-state index contributed by atoms with van der Waals surface area (Å²) >= 11 is 0. The van der Waals surface area contributed by atoms with E-state index in [1.54, 1.807) is 6.07 Å². The van der Waals surface area contributed by atoms with Gasteiger partial charge in [-0.1, -0.05) is 26.0 Å². The Hall–Kier alpha value is -3.09. The maximum Gasteiger partial charge on any atom is 0.273 e. The zero-order valence-electron chi connectivity index (χ0n) is 14.3. The first-order valence-electron chi connectivity index (χ1n) is 7.75. The Morgan fingerprint density at radius 1 is 1.20 bits per heavy atom. The zero-order chi connectivity index (χ0) is 18.4. The van der Waals surface area contributed by atoms with Crippen LogP contribution in [0.2, 0.25) is 0 Å². The van der Waals surface area contributed by atoms with E-state index in [4.69, 9.17) is 9.47 Å². The molecule has 0 saturated carbocycles. The molecule has 0 atom stereocenters. The first kappa shape index (κ1) is 18.3. The number of hydrogen-bond acceptors (Lipinski definition) is 5. The molecule has 0 unspecified atom stereocenters. The number of carbonyl (C=O) groups is 1. The van der Waals surface area contributed by atoms with E-state index in [-0.39, 0.29) is 24.0 Å². The summed E-state index contributed by atoms with van der Waals surface area (Å²) in [5.74, 6) is 0.444. The van der Waals surface area contributed by atoms with Crippen LogP contribution in [0.15, 0.2) is 42.5 Å². The van der Waals surface area contributed by atoms with Crippen LogP contribution in [0.1, 0.15) is 25.3 Å². The molecule has 0 aromatic heterocycles. The summed E-state index contributed by atoms with van der Waals surface area (Å²) in [6, 6.07) is 11.5. The van der Waals surface area contributed by atoms with Crippen molar-refractivity contribution in [3.8, 4) is 11.5 Å². The molecule has 0 heterocycles. The summed E-state index contributed by atoms with van der Waals surface area (Å²) in [7, 11) is 1.42. The first-order valence-corrected chi connectivity index (χ1v) is 7.75. The van der Waals surface area contributed by atoms with E-state index in [2.05, 4.69) is 19.2 Å². The first-order chi connectivity index (χ1) is 11.9. The Morgan fingerprint density at radius 2 is 1.96 bits per heavy atom. The molecule has 132 valence electrons. The van der Waals surface area contributed by atoms with Gasteiger partial charge in [0, 0.05) is 11.8 Å². The highest BCUT2D eigenvalue weighted by molar-refractivity contribution is 5.92. The van der Waals surface area contributed by atoms with Crippen LogP contribution in [0, 0.1) is 10.1 Å². The molecule has 0 aliphatic carbocycles. The standard InChI is InChI=1S/C18H20N2O5/c1-12(2)13-5-4-6-14(9-13)19-18(21)11-25-17-10-15(20(22)23)7-8-16(17)24-3/h4-10,12H,11H2,1-3H3,(H,19,21). The molecule has 2 aromatic rings. The highest BCUT2D eigenvalue weighted by Gasteiger charge is 2.14. The molecule has 0 fully saturated rings. The summed E-state index contributed by atoms with van der Waals surface area (Å²) in [4.78, 5) is 22.4. The number of non-ortho nitro benzene ring substituents is 1. The smallest absolute Gasteiger partial charge is 0.273 e. The van der Waals surface area contributed by atoms with Gasteiger partial charge in [0.2, 0.25) is 0 Å².